The number of methoxy groups -OCH3 is 1. The molecule has 4 nitrogen and oxygen atoms in total. The average molecular weight is 261 g/mol. The molecule has 0 atom stereocenters. The molecule has 19 heavy (non-hydrogen) atoms. The fourth-order valence-electron chi connectivity index (χ4n) is 2.21. The summed E-state index contributed by atoms with van der Waals surface area (Å²) in [5, 5.41) is 9.53. The maximum Gasteiger partial charge on any atom is 0.246 e. The first-order valence-electron chi connectivity index (χ1n) is 6.54. The minimum Gasteiger partial charge on any atom is -0.508 e. The number of ether oxygens (including phenoxy) is 1. The van der Waals surface area contributed by atoms with E-state index in [0.717, 1.165) is 31.5 Å². The number of piperidine rings is 1. The molecule has 0 spiro atoms. The zero-order valence-corrected chi connectivity index (χ0v) is 11.1. The van der Waals surface area contributed by atoms with Crippen molar-refractivity contribution in [3.05, 3.63) is 29.8 Å². The second kappa shape index (κ2) is 6.27. The Morgan fingerprint density at radius 2 is 2.00 bits per heavy atom. The second-order valence-corrected chi connectivity index (χ2v) is 4.68. The van der Waals surface area contributed by atoms with Crippen molar-refractivity contribution in [2.75, 3.05) is 20.2 Å². The summed E-state index contributed by atoms with van der Waals surface area (Å²) in [6.45, 7) is 1.68. The molecule has 1 saturated heterocycles. The molecule has 1 N–H and O–H groups in total. The van der Waals surface area contributed by atoms with Crippen molar-refractivity contribution < 1.29 is 14.6 Å². The van der Waals surface area contributed by atoms with Crippen LogP contribution in [0.2, 0.25) is 0 Å². The van der Waals surface area contributed by atoms with E-state index in [9.17, 15) is 9.90 Å². The van der Waals surface area contributed by atoms with E-state index in [1.807, 2.05) is 4.90 Å². The van der Waals surface area contributed by atoms with Crippen molar-refractivity contribution in [3.8, 4) is 11.5 Å². The fraction of sp³-hybridized carbons (Fsp3) is 0.400. The molecule has 0 aromatic heterocycles. The average Bonchev–Trinajstić information content (AvgIpc) is 2.45. The Morgan fingerprint density at radius 3 is 2.68 bits per heavy atom. The lowest BCUT2D eigenvalue weighted by Gasteiger charge is -2.25. The summed E-state index contributed by atoms with van der Waals surface area (Å²) >= 11 is 0. The lowest BCUT2D eigenvalue weighted by Crippen LogP contribution is -2.34. The molecule has 4 heteroatoms. The zero-order chi connectivity index (χ0) is 13.7. The predicted molar refractivity (Wildman–Crippen MR) is 74.1 cm³/mol. The number of aromatic hydroxyl groups is 1. The number of carbonyl (C=O) groups excluding carboxylic acids is 1. The molecule has 1 fully saturated rings. The van der Waals surface area contributed by atoms with Gasteiger partial charge in [-0.25, -0.2) is 0 Å². The number of benzene rings is 1. The molecule has 1 heterocycles. The van der Waals surface area contributed by atoms with Gasteiger partial charge in [-0.15, -0.1) is 0 Å². The topological polar surface area (TPSA) is 49.8 Å². The highest BCUT2D eigenvalue weighted by Crippen LogP contribution is 2.22. The number of nitrogens with zero attached hydrogens (tertiary/aromatic N) is 1. The van der Waals surface area contributed by atoms with Crippen molar-refractivity contribution in [2.24, 2.45) is 0 Å². The van der Waals surface area contributed by atoms with Crippen LogP contribution < -0.4 is 4.74 Å². The highest BCUT2D eigenvalue weighted by molar-refractivity contribution is 5.91. The van der Waals surface area contributed by atoms with Gasteiger partial charge in [-0.2, -0.15) is 0 Å². The molecule has 0 bridgehead atoms. The monoisotopic (exact) mass is 261 g/mol. The van der Waals surface area contributed by atoms with Gasteiger partial charge in [-0.3, -0.25) is 4.79 Å². The predicted octanol–water partition coefficient (Wildman–Crippen LogP) is 2.43. The van der Waals surface area contributed by atoms with Crippen LogP contribution in [0.3, 0.4) is 0 Å². The SMILES string of the molecule is COc1cc(O)cc(C=CC(=O)N2CCCCC2)c1. The summed E-state index contributed by atoms with van der Waals surface area (Å²) in [4.78, 5) is 13.8. The third-order valence-corrected chi connectivity index (χ3v) is 3.24. The van der Waals surface area contributed by atoms with Crippen molar-refractivity contribution in [1.29, 1.82) is 0 Å². The van der Waals surface area contributed by atoms with E-state index in [2.05, 4.69) is 0 Å². The Morgan fingerprint density at radius 1 is 1.26 bits per heavy atom. The molecule has 2 rings (SSSR count). The maximum absolute atomic E-state index is 12.0. The Kier molecular flexibility index (Phi) is 4.44. The molecule has 1 amide bonds. The van der Waals surface area contributed by atoms with E-state index < -0.39 is 0 Å². The van der Waals surface area contributed by atoms with Crippen LogP contribution in [0, 0.1) is 0 Å². The quantitative estimate of drug-likeness (QED) is 0.850. The van der Waals surface area contributed by atoms with Gasteiger partial charge in [0.15, 0.2) is 0 Å². The number of hydrogen-bond acceptors (Lipinski definition) is 3. The van der Waals surface area contributed by atoms with Crippen LogP contribution in [0.4, 0.5) is 0 Å². The number of phenols is 1. The smallest absolute Gasteiger partial charge is 0.246 e. The van der Waals surface area contributed by atoms with E-state index in [-0.39, 0.29) is 11.7 Å². The van der Waals surface area contributed by atoms with E-state index in [0.29, 0.717) is 5.75 Å². The van der Waals surface area contributed by atoms with Crippen LogP contribution in [-0.4, -0.2) is 36.1 Å². The van der Waals surface area contributed by atoms with Crippen molar-refractivity contribution >= 4 is 12.0 Å². The highest BCUT2D eigenvalue weighted by Gasteiger charge is 2.13. The van der Waals surface area contributed by atoms with E-state index >= 15 is 0 Å². The molecule has 0 unspecified atom stereocenters. The lowest BCUT2D eigenvalue weighted by molar-refractivity contribution is -0.126. The standard InChI is InChI=1S/C15H19NO3/c1-19-14-10-12(9-13(17)11-14)5-6-15(18)16-7-3-2-4-8-16/h5-6,9-11,17H,2-4,7-8H2,1H3. The first-order valence-corrected chi connectivity index (χ1v) is 6.54. The Bertz CT molecular complexity index is 476. The Hall–Kier alpha value is -1.97. The zero-order valence-electron chi connectivity index (χ0n) is 11.1. The molecular weight excluding hydrogens is 242 g/mol. The minimum atomic E-state index is 0.0296. The van der Waals surface area contributed by atoms with Crippen LogP contribution >= 0.6 is 0 Å². The van der Waals surface area contributed by atoms with Crippen molar-refractivity contribution in [3.63, 3.8) is 0 Å². The van der Waals surface area contributed by atoms with Gasteiger partial charge in [0.2, 0.25) is 5.91 Å². The number of amides is 1. The van der Waals surface area contributed by atoms with E-state index in [1.54, 1.807) is 31.4 Å². The molecule has 0 saturated carbocycles. The summed E-state index contributed by atoms with van der Waals surface area (Å²) < 4.78 is 5.07. The van der Waals surface area contributed by atoms with Gasteiger partial charge >= 0.3 is 0 Å². The molecule has 102 valence electrons. The summed E-state index contributed by atoms with van der Waals surface area (Å²) in [7, 11) is 1.54. The van der Waals surface area contributed by atoms with Gasteiger partial charge in [-0.05, 0) is 43.0 Å². The molecule has 1 aliphatic rings. The molecule has 1 aromatic rings. The molecular formula is C15H19NO3. The number of rotatable bonds is 3. The second-order valence-electron chi connectivity index (χ2n) is 4.68. The Balaban J connectivity index is 2.04. The molecule has 0 aliphatic carbocycles. The molecule has 0 radical (unpaired) electrons. The van der Waals surface area contributed by atoms with E-state index in [1.165, 1.54) is 12.5 Å². The maximum atomic E-state index is 12.0. The van der Waals surface area contributed by atoms with Crippen LogP contribution in [0.5, 0.6) is 11.5 Å². The summed E-state index contributed by atoms with van der Waals surface area (Å²) in [6, 6.07) is 4.91. The summed E-state index contributed by atoms with van der Waals surface area (Å²) in [5.74, 6) is 0.733. The number of phenolic OH excluding ortho intramolecular Hbond substituents is 1. The Labute approximate surface area is 113 Å². The van der Waals surface area contributed by atoms with Crippen LogP contribution in [-0.2, 0) is 4.79 Å². The lowest BCUT2D eigenvalue weighted by atomic mass is 10.1. The van der Waals surface area contributed by atoms with Crippen molar-refractivity contribution in [2.45, 2.75) is 19.3 Å². The molecule has 1 aliphatic heterocycles. The number of hydrogen-bond donors (Lipinski definition) is 1. The fourth-order valence-corrected chi connectivity index (χ4v) is 2.21. The van der Waals surface area contributed by atoms with Gasteiger partial charge in [0.25, 0.3) is 0 Å². The third kappa shape index (κ3) is 3.74. The third-order valence-electron chi connectivity index (χ3n) is 3.24. The number of carbonyl (C=O) groups is 1. The van der Waals surface area contributed by atoms with Crippen LogP contribution in [0.15, 0.2) is 24.3 Å². The van der Waals surface area contributed by atoms with Crippen LogP contribution in [0.25, 0.3) is 6.08 Å². The first-order chi connectivity index (χ1) is 9.19. The first kappa shape index (κ1) is 13.5. The van der Waals surface area contributed by atoms with E-state index in [4.69, 9.17) is 4.74 Å². The van der Waals surface area contributed by atoms with Gasteiger partial charge < -0.3 is 14.7 Å². The summed E-state index contributed by atoms with van der Waals surface area (Å²) in [6.07, 6.45) is 6.63. The van der Waals surface area contributed by atoms with Crippen LogP contribution in [0.1, 0.15) is 24.8 Å². The molecule has 1 aromatic carbocycles. The highest BCUT2D eigenvalue weighted by atomic mass is 16.5. The number of likely N-dealkylation sites (tertiary alicyclic amines) is 1. The summed E-state index contributed by atoms with van der Waals surface area (Å²) in [5.41, 5.74) is 0.752. The van der Waals surface area contributed by atoms with Gasteiger partial charge in [0, 0.05) is 25.2 Å². The normalized spacial score (nSPS) is 15.7. The van der Waals surface area contributed by atoms with Gasteiger partial charge in [0.1, 0.15) is 11.5 Å². The minimum absolute atomic E-state index is 0.0296. The van der Waals surface area contributed by atoms with Gasteiger partial charge in [-0.1, -0.05) is 0 Å². The van der Waals surface area contributed by atoms with Crippen molar-refractivity contribution in [1.82, 2.24) is 4.90 Å². The largest absolute Gasteiger partial charge is 0.508 e. The van der Waals surface area contributed by atoms with Gasteiger partial charge in [0.05, 0.1) is 7.11 Å².